The van der Waals surface area contributed by atoms with Gasteiger partial charge in [0.1, 0.15) is 0 Å². The van der Waals surface area contributed by atoms with Crippen molar-refractivity contribution in [3.63, 3.8) is 0 Å². The summed E-state index contributed by atoms with van der Waals surface area (Å²) in [7, 11) is 0. The van der Waals surface area contributed by atoms with Crippen molar-refractivity contribution >= 4 is 44.8 Å². The highest BCUT2D eigenvalue weighted by molar-refractivity contribution is 9.10. The van der Waals surface area contributed by atoms with Crippen LogP contribution in [0.15, 0.2) is 53.0 Å². The monoisotopic (exact) mass is 437 g/mol. The zero-order chi connectivity index (χ0) is 20.2. The maximum absolute atomic E-state index is 13.4. The molecule has 0 aliphatic rings. The van der Waals surface area contributed by atoms with Crippen molar-refractivity contribution in [1.29, 1.82) is 5.41 Å². The van der Waals surface area contributed by atoms with Crippen molar-refractivity contribution in [3.8, 4) is 0 Å². The first-order valence-corrected chi connectivity index (χ1v) is 8.78. The van der Waals surface area contributed by atoms with Gasteiger partial charge in [0.05, 0.1) is 0 Å². The van der Waals surface area contributed by atoms with Crippen LogP contribution in [0.4, 0.5) is 20.2 Å². The first-order chi connectivity index (χ1) is 12.6. The second-order valence-corrected chi connectivity index (χ2v) is 6.99. The van der Waals surface area contributed by atoms with E-state index in [9.17, 15) is 18.4 Å². The van der Waals surface area contributed by atoms with Crippen LogP contribution in [0.5, 0.6) is 0 Å². The molecule has 2 aromatic rings. The fourth-order valence-electron chi connectivity index (χ4n) is 2.38. The van der Waals surface area contributed by atoms with Crippen LogP contribution in [-0.2, 0) is 15.5 Å². The van der Waals surface area contributed by atoms with E-state index in [4.69, 9.17) is 5.41 Å². The molecule has 2 amide bonds. The van der Waals surface area contributed by atoms with Crippen LogP contribution in [0.3, 0.4) is 0 Å². The van der Waals surface area contributed by atoms with Gasteiger partial charge in [-0.25, -0.2) is 8.78 Å². The van der Waals surface area contributed by atoms with Crippen molar-refractivity contribution < 1.29 is 18.4 Å². The van der Waals surface area contributed by atoms with E-state index in [0.717, 1.165) is 17.5 Å². The number of hydrogen-bond acceptors (Lipinski definition) is 3. The average Bonchev–Trinajstić information content (AvgIpc) is 2.53. The SMILES string of the molecule is CC(=N)C(C(=O)Nc1cccc(Br)c1)C(=O)Nc1cccc(C(C)(F)F)c1. The minimum atomic E-state index is -3.06. The Balaban J connectivity index is 2.18. The Labute approximate surface area is 163 Å². The normalized spacial score (nSPS) is 12.2. The van der Waals surface area contributed by atoms with Gasteiger partial charge in [0.15, 0.2) is 5.92 Å². The van der Waals surface area contributed by atoms with Crippen LogP contribution in [0.2, 0.25) is 0 Å². The molecule has 0 aliphatic heterocycles. The molecule has 0 radical (unpaired) electrons. The standard InChI is InChI=1S/C19H18BrF2N3O2/c1-11(23)16(18(27)25-15-8-4-6-13(20)10-15)17(26)24-14-7-3-5-12(9-14)19(2,21)22/h3-10,16,23H,1-2H3,(H,24,26)(H,25,27). The number of hydrogen-bond donors (Lipinski definition) is 3. The van der Waals surface area contributed by atoms with Gasteiger partial charge in [-0.1, -0.05) is 34.1 Å². The molecule has 27 heavy (non-hydrogen) atoms. The molecule has 5 nitrogen and oxygen atoms in total. The zero-order valence-electron chi connectivity index (χ0n) is 14.6. The molecular weight excluding hydrogens is 420 g/mol. The van der Waals surface area contributed by atoms with E-state index in [1.54, 1.807) is 24.3 Å². The number of halogens is 3. The lowest BCUT2D eigenvalue weighted by molar-refractivity contribution is -0.126. The van der Waals surface area contributed by atoms with E-state index in [-0.39, 0.29) is 17.0 Å². The Hall–Kier alpha value is -2.61. The molecule has 3 N–H and O–H groups in total. The summed E-state index contributed by atoms with van der Waals surface area (Å²) in [5.74, 6) is -5.91. The summed E-state index contributed by atoms with van der Waals surface area (Å²) in [5.41, 5.74) is 0.153. The van der Waals surface area contributed by atoms with Gasteiger partial charge in [-0.2, -0.15) is 0 Å². The molecule has 8 heteroatoms. The number of nitrogens with one attached hydrogen (secondary N) is 3. The fourth-order valence-corrected chi connectivity index (χ4v) is 2.78. The zero-order valence-corrected chi connectivity index (χ0v) is 16.2. The molecule has 142 valence electrons. The number of anilines is 2. The lowest BCUT2D eigenvalue weighted by Gasteiger charge is -2.17. The highest BCUT2D eigenvalue weighted by Gasteiger charge is 2.30. The third-order valence-corrected chi connectivity index (χ3v) is 4.18. The van der Waals surface area contributed by atoms with E-state index < -0.39 is 23.7 Å². The molecule has 0 bridgehead atoms. The van der Waals surface area contributed by atoms with Gasteiger partial charge < -0.3 is 16.0 Å². The maximum atomic E-state index is 13.4. The number of carbonyl (C=O) groups excluding carboxylic acids is 2. The first kappa shape index (κ1) is 20.7. The van der Waals surface area contributed by atoms with Gasteiger partial charge in [-0.05, 0) is 37.3 Å². The topological polar surface area (TPSA) is 82.1 Å². The summed E-state index contributed by atoms with van der Waals surface area (Å²) in [4.78, 5) is 25.0. The van der Waals surface area contributed by atoms with Gasteiger partial charge in [-0.15, -0.1) is 0 Å². The molecule has 0 saturated heterocycles. The van der Waals surface area contributed by atoms with E-state index in [2.05, 4.69) is 26.6 Å². The molecule has 0 aromatic heterocycles. The predicted octanol–water partition coefficient (Wildman–Crippen LogP) is 4.79. The van der Waals surface area contributed by atoms with E-state index in [1.165, 1.54) is 25.1 Å². The minimum Gasteiger partial charge on any atom is -0.325 e. The molecule has 0 spiro atoms. The Morgan fingerprint density at radius 1 is 1.04 bits per heavy atom. The maximum Gasteiger partial charge on any atom is 0.270 e. The minimum absolute atomic E-state index is 0.125. The predicted molar refractivity (Wildman–Crippen MR) is 104 cm³/mol. The summed E-state index contributed by atoms with van der Waals surface area (Å²) in [6, 6.07) is 12.0. The molecule has 2 aromatic carbocycles. The van der Waals surface area contributed by atoms with E-state index in [1.807, 2.05) is 0 Å². The van der Waals surface area contributed by atoms with Gasteiger partial charge in [0.25, 0.3) is 5.92 Å². The quantitative estimate of drug-likeness (QED) is 0.448. The number of alkyl halides is 2. The third kappa shape index (κ3) is 5.68. The van der Waals surface area contributed by atoms with Gasteiger partial charge in [-0.3, -0.25) is 9.59 Å². The molecule has 1 atom stereocenters. The highest BCUT2D eigenvalue weighted by atomic mass is 79.9. The second kappa shape index (κ2) is 8.39. The Kier molecular flexibility index (Phi) is 6.43. The van der Waals surface area contributed by atoms with Crippen LogP contribution >= 0.6 is 15.9 Å². The fraction of sp³-hybridized carbons (Fsp3) is 0.211. The van der Waals surface area contributed by atoms with Crippen molar-refractivity contribution in [2.45, 2.75) is 19.8 Å². The lowest BCUT2D eigenvalue weighted by Crippen LogP contribution is -2.38. The second-order valence-electron chi connectivity index (χ2n) is 6.07. The van der Waals surface area contributed by atoms with Crippen molar-refractivity contribution in [2.24, 2.45) is 5.92 Å². The number of rotatable bonds is 6. The van der Waals surface area contributed by atoms with Crippen molar-refractivity contribution in [1.82, 2.24) is 0 Å². The smallest absolute Gasteiger partial charge is 0.270 e. The summed E-state index contributed by atoms with van der Waals surface area (Å²) in [5, 5.41) is 12.8. The Morgan fingerprint density at radius 2 is 1.56 bits per heavy atom. The van der Waals surface area contributed by atoms with Crippen molar-refractivity contribution in [2.75, 3.05) is 10.6 Å². The summed E-state index contributed by atoms with van der Waals surface area (Å²) >= 11 is 3.28. The van der Waals surface area contributed by atoms with Crippen LogP contribution in [0.25, 0.3) is 0 Å². The van der Waals surface area contributed by atoms with Gasteiger partial charge >= 0.3 is 0 Å². The number of amides is 2. The summed E-state index contributed by atoms with van der Waals surface area (Å²) in [6.45, 7) is 2.09. The van der Waals surface area contributed by atoms with Gasteiger partial charge in [0.2, 0.25) is 11.8 Å². The van der Waals surface area contributed by atoms with Crippen LogP contribution < -0.4 is 10.6 Å². The Bertz CT molecular complexity index is 881. The summed E-state index contributed by atoms with van der Waals surface area (Å²) in [6.07, 6.45) is 0. The third-order valence-electron chi connectivity index (χ3n) is 3.69. The van der Waals surface area contributed by atoms with E-state index >= 15 is 0 Å². The largest absolute Gasteiger partial charge is 0.325 e. The lowest BCUT2D eigenvalue weighted by atomic mass is 10.0. The highest BCUT2D eigenvalue weighted by Crippen LogP contribution is 2.28. The molecule has 0 fully saturated rings. The van der Waals surface area contributed by atoms with Crippen LogP contribution in [0, 0.1) is 11.3 Å². The number of benzene rings is 2. The van der Waals surface area contributed by atoms with Crippen molar-refractivity contribution in [3.05, 3.63) is 58.6 Å². The molecule has 0 saturated carbocycles. The molecule has 0 aliphatic carbocycles. The molecule has 1 unspecified atom stereocenters. The van der Waals surface area contributed by atoms with Crippen LogP contribution in [-0.4, -0.2) is 17.5 Å². The van der Waals surface area contributed by atoms with E-state index in [0.29, 0.717) is 5.69 Å². The number of carbonyl (C=O) groups is 2. The molecular formula is C19H18BrF2N3O2. The van der Waals surface area contributed by atoms with Gasteiger partial charge in [0, 0.05) is 34.0 Å². The van der Waals surface area contributed by atoms with Crippen LogP contribution in [0.1, 0.15) is 19.4 Å². The molecule has 2 rings (SSSR count). The summed E-state index contributed by atoms with van der Waals surface area (Å²) < 4.78 is 27.6. The average molecular weight is 438 g/mol. The first-order valence-electron chi connectivity index (χ1n) is 7.98. The Morgan fingerprint density at radius 3 is 2.04 bits per heavy atom. The molecule has 0 heterocycles.